The van der Waals surface area contributed by atoms with Crippen LogP contribution in [0.2, 0.25) is 0 Å². The highest BCUT2D eigenvalue weighted by Crippen LogP contribution is 2.24. The molecule has 0 aliphatic rings. The van der Waals surface area contributed by atoms with Crippen LogP contribution in [-0.4, -0.2) is 11.0 Å². The van der Waals surface area contributed by atoms with Gasteiger partial charge in [-0.3, -0.25) is 0 Å². The molecule has 0 aromatic heterocycles. The second kappa shape index (κ2) is 6.43. The van der Waals surface area contributed by atoms with Crippen molar-refractivity contribution >= 4 is 21.8 Å². The molecule has 0 heterocycles. The Morgan fingerprint density at radius 3 is 2.80 bits per heavy atom. The largest absolute Gasteiger partial charge is 0.489 e. The van der Waals surface area contributed by atoms with Gasteiger partial charge in [-0.2, -0.15) is 0 Å². The lowest BCUT2D eigenvalue weighted by atomic mass is 10.1. The zero-order chi connectivity index (χ0) is 14.5. The van der Waals surface area contributed by atoms with Crippen LogP contribution in [0.3, 0.4) is 0 Å². The van der Waals surface area contributed by atoms with Gasteiger partial charge in [-0.15, -0.1) is 0 Å². The Kier molecular flexibility index (Phi) is 4.63. The van der Waals surface area contributed by atoms with E-state index in [-0.39, 0.29) is 5.84 Å². The van der Waals surface area contributed by atoms with Crippen LogP contribution in [0.5, 0.6) is 5.75 Å². The molecule has 0 aliphatic heterocycles. The number of ether oxygens (including phenoxy) is 1. The van der Waals surface area contributed by atoms with E-state index in [2.05, 4.69) is 21.1 Å². The van der Waals surface area contributed by atoms with Crippen molar-refractivity contribution in [3.05, 3.63) is 63.6 Å². The number of nitrogens with two attached hydrogens (primary N) is 1. The third-order valence-corrected chi connectivity index (χ3v) is 3.43. The van der Waals surface area contributed by atoms with E-state index in [0.29, 0.717) is 12.2 Å². The summed E-state index contributed by atoms with van der Waals surface area (Å²) in [4.78, 5) is 0. The van der Waals surface area contributed by atoms with Crippen LogP contribution in [0.25, 0.3) is 0 Å². The van der Waals surface area contributed by atoms with Gasteiger partial charge < -0.3 is 15.7 Å². The highest BCUT2D eigenvalue weighted by atomic mass is 79.9. The Labute approximate surface area is 126 Å². The number of oxime groups is 1. The van der Waals surface area contributed by atoms with Gasteiger partial charge in [0.2, 0.25) is 0 Å². The molecule has 3 N–H and O–H groups in total. The van der Waals surface area contributed by atoms with Crippen molar-refractivity contribution in [1.29, 1.82) is 0 Å². The molecule has 4 nitrogen and oxygen atoms in total. The lowest BCUT2D eigenvalue weighted by Crippen LogP contribution is -2.16. The molecule has 0 radical (unpaired) electrons. The monoisotopic (exact) mass is 334 g/mol. The molecule has 0 bridgehead atoms. The minimum Gasteiger partial charge on any atom is -0.489 e. The zero-order valence-corrected chi connectivity index (χ0v) is 12.6. The van der Waals surface area contributed by atoms with E-state index in [1.165, 1.54) is 0 Å². The van der Waals surface area contributed by atoms with Gasteiger partial charge >= 0.3 is 0 Å². The molecule has 5 heteroatoms. The molecule has 0 spiro atoms. The molecule has 0 amide bonds. The van der Waals surface area contributed by atoms with Crippen LogP contribution < -0.4 is 10.5 Å². The van der Waals surface area contributed by atoms with E-state index in [0.717, 1.165) is 21.3 Å². The van der Waals surface area contributed by atoms with Gasteiger partial charge in [-0.1, -0.05) is 51.4 Å². The Hall–Kier alpha value is -2.01. The maximum atomic E-state index is 8.79. The van der Waals surface area contributed by atoms with Crippen molar-refractivity contribution in [2.24, 2.45) is 10.9 Å². The number of halogens is 1. The van der Waals surface area contributed by atoms with Crippen LogP contribution >= 0.6 is 15.9 Å². The maximum absolute atomic E-state index is 8.79. The maximum Gasteiger partial charge on any atom is 0.170 e. The van der Waals surface area contributed by atoms with E-state index < -0.39 is 0 Å². The van der Waals surface area contributed by atoms with E-state index in [4.69, 9.17) is 15.7 Å². The summed E-state index contributed by atoms with van der Waals surface area (Å²) < 4.78 is 6.78. The number of rotatable bonds is 4. The molecule has 20 heavy (non-hydrogen) atoms. The summed E-state index contributed by atoms with van der Waals surface area (Å²) in [6.07, 6.45) is 0. The quantitative estimate of drug-likeness (QED) is 0.389. The molecular formula is C15H15BrN2O2. The van der Waals surface area contributed by atoms with E-state index in [9.17, 15) is 0 Å². The van der Waals surface area contributed by atoms with Crippen molar-refractivity contribution in [3.63, 3.8) is 0 Å². The molecule has 2 aromatic carbocycles. The van der Waals surface area contributed by atoms with E-state index in [1.807, 2.05) is 43.3 Å². The number of aryl methyl sites for hydroxylation is 1. The average Bonchev–Trinajstić information content (AvgIpc) is 2.47. The van der Waals surface area contributed by atoms with Gasteiger partial charge in [0, 0.05) is 15.6 Å². The van der Waals surface area contributed by atoms with Gasteiger partial charge in [0.1, 0.15) is 12.4 Å². The van der Waals surface area contributed by atoms with Crippen LogP contribution in [0, 0.1) is 6.92 Å². The Morgan fingerprint density at radius 1 is 1.30 bits per heavy atom. The molecular weight excluding hydrogens is 320 g/mol. The van der Waals surface area contributed by atoms with Crippen LogP contribution in [-0.2, 0) is 6.61 Å². The summed E-state index contributed by atoms with van der Waals surface area (Å²) in [6, 6.07) is 13.3. The summed E-state index contributed by atoms with van der Waals surface area (Å²) in [5, 5.41) is 11.8. The van der Waals surface area contributed by atoms with Gasteiger partial charge in [0.15, 0.2) is 5.84 Å². The third kappa shape index (κ3) is 3.30. The average molecular weight is 335 g/mol. The zero-order valence-electron chi connectivity index (χ0n) is 11.0. The SMILES string of the molecule is Cc1ccc(Br)cc1OCc1ccccc1/C(N)=N/O. The number of amidine groups is 1. The topological polar surface area (TPSA) is 67.8 Å². The van der Waals surface area contributed by atoms with Gasteiger partial charge in [-0.25, -0.2) is 0 Å². The van der Waals surface area contributed by atoms with Gasteiger partial charge in [0.25, 0.3) is 0 Å². The van der Waals surface area contributed by atoms with Gasteiger partial charge in [-0.05, 0) is 24.6 Å². The first kappa shape index (κ1) is 14.4. The molecule has 0 unspecified atom stereocenters. The Bertz CT molecular complexity index is 642. The fraction of sp³-hybridized carbons (Fsp3) is 0.133. The second-order valence-electron chi connectivity index (χ2n) is 4.34. The van der Waals surface area contributed by atoms with Crippen molar-refractivity contribution in [2.75, 3.05) is 0 Å². The molecule has 0 aliphatic carbocycles. The van der Waals surface area contributed by atoms with Crippen LogP contribution in [0.1, 0.15) is 16.7 Å². The fourth-order valence-electron chi connectivity index (χ4n) is 1.83. The second-order valence-corrected chi connectivity index (χ2v) is 5.26. The number of hydrogen-bond acceptors (Lipinski definition) is 3. The normalized spacial score (nSPS) is 11.4. The third-order valence-electron chi connectivity index (χ3n) is 2.93. The summed E-state index contributed by atoms with van der Waals surface area (Å²) in [5.41, 5.74) is 8.24. The molecule has 2 rings (SSSR count). The Balaban J connectivity index is 2.21. The van der Waals surface area contributed by atoms with Crippen molar-refractivity contribution in [3.8, 4) is 5.75 Å². The summed E-state index contributed by atoms with van der Waals surface area (Å²) in [7, 11) is 0. The number of nitrogens with zero attached hydrogens (tertiary/aromatic N) is 1. The summed E-state index contributed by atoms with van der Waals surface area (Å²) >= 11 is 3.42. The predicted molar refractivity (Wildman–Crippen MR) is 82.2 cm³/mol. The molecule has 0 saturated carbocycles. The van der Waals surface area contributed by atoms with E-state index in [1.54, 1.807) is 6.07 Å². The fourth-order valence-corrected chi connectivity index (χ4v) is 2.17. The van der Waals surface area contributed by atoms with Crippen LogP contribution in [0.15, 0.2) is 52.1 Å². The van der Waals surface area contributed by atoms with Crippen molar-refractivity contribution in [1.82, 2.24) is 0 Å². The van der Waals surface area contributed by atoms with Gasteiger partial charge in [0.05, 0.1) is 0 Å². The standard InChI is InChI=1S/C15H15BrN2O2/c1-10-6-7-12(16)8-14(10)20-9-11-4-2-3-5-13(11)15(17)18-19/h2-8,19H,9H2,1H3,(H2,17,18). The molecule has 2 aromatic rings. The van der Waals surface area contributed by atoms with Crippen LogP contribution in [0.4, 0.5) is 0 Å². The van der Waals surface area contributed by atoms with Crippen molar-refractivity contribution in [2.45, 2.75) is 13.5 Å². The first-order valence-electron chi connectivity index (χ1n) is 6.06. The highest BCUT2D eigenvalue weighted by molar-refractivity contribution is 9.10. The number of benzene rings is 2. The molecule has 0 fully saturated rings. The highest BCUT2D eigenvalue weighted by Gasteiger charge is 2.08. The smallest absolute Gasteiger partial charge is 0.170 e. The minimum atomic E-state index is 0.0789. The predicted octanol–water partition coefficient (Wildman–Crippen LogP) is 3.43. The number of hydrogen-bond donors (Lipinski definition) is 2. The first-order chi connectivity index (χ1) is 9.61. The Morgan fingerprint density at radius 2 is 2.05 bits per heavy atom. The summed E-state index contributed by atoms with van der Waals surface area (Å²) in [5.74, 6) is 0.879. The molecule has 0 saturated heterocycles. The minimum absolute atomic E-state index is 0.0789. The molecule has 0 atom stereocenters. The van der Waals surface area contributed by atoms with E-state index >= 15 is 0 Å². The summed E-state index contributed by atoms with van der Waals surface area (Å²) in [6.45, 7) is 2.33. The molecule has 104 valence electrons. The first-order valence-corrected chi connectivity index (χ1v) is 6.86. The van der Waals surface area contributed by atoms with Crippen molar-refractivity contribution < 1.29 is 9.94 Å². The lowest BCUT2D eigenvalue weighted by Gasteiger charge is -2.12. The lowest BCUT2D eigenvalue weighted by molar-refractivity contribution is 0.303.